The smallest absolute Gasteiger partial charge is 0.243 e. The largest absolute Gasteiger partial charge is 0.476 e. The zero-order valence-electron chi connectivity index (χ0n) is 8.07. The highest BCUT2D eigenvalue weighted by Gasteiger charge is 1.96. The van der Waals surface area contributed by atoms with E-state index in [2.05, 4.69) is 39.5 Å². The second-order valence-corrected chi connectivity index (χ2v) is 3.90. The molecule has 0 unspecified atom stereocenters. The highest BCUT2D eigenvalue weighted by atomic mass is 127. The minimum atomic E-state index is -0.200. The minimum Gasteiger partial charge on any atom is -0.476 e. The molecule has 5 heteroatoms. The summed E-state index contributed by atoms with van der Waals surface area (Å²) in [5.74, 6) is 0.359. The van der Waals surface area contributed by atoms with Crippen molar-refractivity contribution in [2.75, 3.05) is 13.2 Å². The first-order chi connectivity index (χ1) is 7.22. The van der Waals surface area contributed by atoms with Crippen molar-refractivity contribution in [3.8, 4) is 5.88 Å². The van der Waals surface area contributed by atoms with Gasteiger partial charge in [0.05, 0.1) is 6.54 Å². The molecule has 0 spiro atoms. The molecule has 1 rings (SSSR count). The Balaban J connectivity index is 2.23. The van der Waals surface area contributed by atoms with Crippen molar-refractivity contribution in [2.45, 2.75) is 0 Å². The Morgan fingerprint density at radius 1 is 1.67 bits per heavy atom. The van der Waals surface area contributed by atoms with Crippen LogP contribution >= 0.6 is 22.6 Å². The first-order valence-corrected chi connectivity index (χ1v) is 5.45. The van der Waals surface area contributed by atoms with E-state index in [0.717, 1.165) is 3.57 Å². The maximum atomic E-state index is 10.8. The molecule has 0 atom stereocenters. The SMILES string of the molecule is C=CC(=O)NCCOc1ccc(I)cn1. The van der Waals surface area contributed by atoms with Crippen molar-refractivity contribution in [1.82, 2.24) is 10.3 Å². The second kappa shape index (κ2) is 6.39. The van der Waals surface area contributed by atoms with Gasteiger partial charge in [-0.2, -0.15) is 0 Å². The number of hydrogen-bond donors (Lipinski definition) is 1. The van der Waals surface area contributed by atoms with Crippen molar-refractivity contribution in [3.05, 3.63) is 34.6 Å². The molecule has 1 aromatic heterocycles. The molecular weight excluding hydrogens is 307 g/mol. The molecule has 0 aliphatic rings. The molecule has 4 nitrogen and oxygen atoms in total. The Morgan fingerprint density at radius 2 is 2.47 bits per heavy atom. The van der Waals surface area contributed by atoms with E-state index >= 15 is 0 Å². The van der Waals surface area contributed by atoms with E-state index in [1.54, 1.807) is 12.3 Å². The molecule has 1 heterocycles. The number of halogens is 1. The van der Waals surface area contributed by atoms with Crippen LogP contribution in [0, 0.1) is 3.57 Å². The summed E-state index contributed by atoms with van der Waals surface area (Å²) in [5, 5.41) is 2.60. The number of amides is 1. The Hall–Kier alpha value is -1.11. The number of hydrogen-bond acceptors (Lipinski definition) is 3. The first-order valence-electron chi connectivity index (χ1n) is 4.37. The normalized spacial score (nSPS) is 9.40. The molecule has 0 aromatic carbocycles. The molecule has 80 valence electrons. The Bertz CT molecular complexity index is 338. The van der Waals surface area contributed by atoms with Gasteiger partial charge in [-0.15, -0.1) is 0 Å². The van der Waals surface area contributed by atoms with Crippen LogP contribution in [-0.2, 0) is 4.79 Å². The monoisotopic (exact) mass is 318 g/mol. The van der Waals surface area contributed by atoms with Crippen LogP contribution in [0.4, 0.5) is 0 Å². The summed E-state index contributed by atoms with van der Waals surface area (Å²) in [4.78, 5) is 14.8. The van der Waals surface area contributed by atoms with Gasteiger partial charge in [0.2, 0.25) is 11.8 Å². The Labute approximate surface area is 102 Å². The summed E-state index contributed by atoms with van der Waals surface area (Å²) in [6.07, 6.45) is 2.95. The lowest BCUT2D eigenvalue weighted by molar-refractivity contribution is -0.116. The summed E-state index contributed by atoms with van der Waals surface area (Å²) in [7, 11) is 0. The molecular formula is C10H11IN2O2. The molecule has 0 radical (unpaired) electrons. The number of carbonyl (C=O) groups is 1. The van der Waals surface area contributed by atoms with Crippen LogP contribution < -0.4 is 10.1 Å². The van der Waals surface area contributed by atoms with E-state index in [9.17, 15) is 4.79 Å². The fourth-order valence-electron chi connectivity index (χ4n) is 0.850. The molecule has 0 bridgehead atoms. The third-order valence-electron chi connectivity index (χ3n) is 1.54. The predicted octanol–water partition coefficient (Wildman–Crippen LogP) is 1.37. The highest BCUT2D eigenvalue weighted by molar-refractivity contribution is 14.1. The molecule has 0 fully saturated rings. The number of carbonyl (C=O) groups excluding carboxylic acids is 1. The first kappa shape index (κ1) is 12.0. The number of aromatic nitrogens is 1. The molecule has 1 aromatic rings. The molecule has 1 amide bonds. The third kappa shape index (κ3) is 4.78. The maximum absolute atomic E-state index is 10.8. The van der Waals surface area contributed by atoms with Crippen molar-refractivity contribution < 1.29 is 9.53 Å². The van der Waals surface area contributed by atoms with Crippen LogP contribution in [0.2, 0.25) is 0 Å². The van der Waals surface area contributed by atoms with Gasteiger partial charge in [0.1, 0.15) is 6.61 Å². The molecule has 0 aliphatic carbocycles. The fraction of sp³-hybridized carbons (Fsp3) is 0.200. The number of pyridine rings is 1. The van der Waals surface area contributed by atoms with Gasteiger partial charge in [-0.1, -0.05) is 6.58 Å². The van der Waals surface area contributed by atoms with Crippen molar-refractivity contribution >= 4 is 28.5 Å². The quantitative estimate of drug-likeness (QED) is 0.507. The lowest BCUT2D eigenvalue weighted by Crippen LogP contribution is -2.26. The lowest BCUT2D eigenvalue weighted by Gasteiger charge is -2.05. The van der Waals surface area contributed by atoms with Gasteiger partial charge >= 0.3 is 0 Å². The molecule has 1 N–H and O–H groups in total. The molecule has 15 heavy (non-hydrogen) atoms. The zero-order valence-corrected chi connectivity index (χ0v) is 10.2. The number of nitrogens with zero attached hydrogens (tertiary/aromatic N) is 1. The van der Waals surface area contributed by atoms with Crippen LogP contribution in [0.25, 0.3) is 0 Å². The third-order valence-corrected chi connectivity index (χ3v) is 2.17. The van der Waals surface area contributed by atoms with E-state index in [-0.39, 0.29) is 5.91 Å². The van der Waals surface area contributed by atoms with Crippen LogP contribution in [0.1, 0.15) is 0 Å². The van der Waals surface area contributed by atoms with Gasteiger partial charge in [0.15, 0.2) is 0 Å². The van der Waals surface area contributed by atoms with Gasteiger partial charge in [-0.3, -0.25) is 4.79 Å². The average molecular weight is 318 g/mol. The van der Waals surface area contributed by atoms with Crippen LogP contribution in [0.15, 0.2) is 31.0 Å². The van der Waals surface area contributed by atoms with Crippen molar-refractivity contribution in [1.29, 1.82) is 0 Å². The minimum absolute atomic E-state index is 0.200. The second-order valence-electron chi connectivity index (χ2n) is 2.66. The number of ether oxygens (including phenoxy) is 1. The Morgan fingerprint density at radius 3 is 3.07 bits per heavy atom. The van der Waals surface area contributed by atoms with Crippen LogP contribution in [-0.4, -0.2) is 24.0 Å². The number of nitrogens with one attached hydrogen (secondary N) is 1. The van der Waals surface area contributed by atoms with Gasteiger partial charge in [0, 0.05) is 15.8 Å². The molecule has 0 saturated heterocycles. The number of rotatable bonds is 5. The van der Waals surface area contributed by atoms with E-state index in [4.69, 9.17) is 4.74 Å². The molecule has 0 aliphatic heterocycles. The average Bonchev–Trinajstić information content (AvgIpc) is 2.26. The van der Waals surface area contributed by atoms with E-state index < -0.39 is 0 Å². The topological polar surface area (TPSA) is 51.2 Å². The van der Waals surface area contributed by atoms with Crippen LogP contribution in [0.3, 0.4) is 0 Å². The Kier molecular flexibility index (Phi) is 5.09. The zero-order chi connectivity index (χ0) is 11.1. The van der Waals surface area contributed by atoms with Gasteiger partial charge in [-0.05, 0) is 34.7 Å². The van der Waals surface area contributed by atoms with Gasteiger partial charge < -0.3 is 10.1 Å². The summed E-state index contributed by atoms with van der Waals surface area (Å²) >= 11 is 2.17. The lowest BCUT2D eigenvalue weighted by atomic mass is 10.5. The van der Waals surface area contributed by atoms with Gasteiger partial charge in [0.25, 0.3) is 0 Å². The highest BCUT2D eigenvalue weighted by Crippen LogP contribution is 2.08. The van der Waals surface area contributed by atoms with Crippen LogP contribution in [0.5, 0.6) is 5.88 Å². The summed E-state index contributed by atoms with van der Waals surface area (Å²) in [6, 6.07) is 3.70. The predicted molar refractivity (Wildman–Crippen MR) is 65.7 cm³/mol. The standard InChI is InChI=1S/C10H11IN2O2/c1-2-9(14)12-5-6-15-10-4-3-8(11)7-13-10/h2-4,7H,1,5-6H2,(H,12,14). The van der Waals surface area contributed by atoms with E-state index in [1.165, 1.54) is 6.08 Å². The van der Waals surface area contributed by atoms with Gasteiger partial charge in [-0.25, -0.2) is 4.98 Å². The van der Waals surface area contributed by atoms with Crippen molar-refractivity contribution in [2.24, 2.45) is 0 Å². The van der Waals surface area contributed by atoms with Crippen molar-refractivity contribution in [3.63, 3.8) is 0 Å². The summed E-state index contributed by atoms with van der Waals surface area (Å²) in [6.45, 7) is 4.18. The van der Waals surface area contributed by atoms with E-state index in [0.29, 0.717) is 19.0 Å². The van der Waals surface area contributed by atoms with E-state index in [1.807, 2.05) is 6.07 Å². The summed E-state index contributed by atoms with van der Waals surface area (Å²) in [5.41, 5.74) is 0. The summed E-state index contributed by atoms with van der Waals surface area (Å²) < 4.78 is 6.35. The maximum Gasteiger partial charge on any atom is 0.243 e. The fourth-order valence-corrected chi connectivity index (χ4v) is 1.17. The molecule has 0 saturated carbocycles.